The minimum absolute atomic E-state index is 0.0957. The van der Waals surface area contributed by atoms with Gasteiger partial charge < -0.3 is 19.6 Å². The summed E-state index contributed by atoms with van der Waals surface area (Å²) < 4.78 is 48.6. The van der Waals surface area contributed by atoms with Crippen LogP contribution in [0.1, 0.15) is 107 Å². The average molecular weight is 1720 g/mol. The number of benzene rings is 8. The number of fused-ring (bicyclic) bond motifs is 4. The van der Waals surface area contributed by atoms with Crippen LogP contribution in [0.15, 0.2) is 244 Å². The molecule has 4 unspecified atom stereocenters. The predicted octanol–water partition coefficient (Wildman–Crippen LogP) is 17.9. The van der Waals surface area contributed by atoms with E-state index in [0.29, 0.717) is 80.7 Å². The van der Waals surface area contributed by atoms with E-state index >= 15 is 0 Å². The zero-order valence-corrected chi connectivity index (χ0v) is 72.8. The van der Waals surface area contributed by atoms with Gasteiger partial charge in [-0.05, 0) is 233 Å². The Kier molecular flexibility index (Phi) is 26.5. The van der Waals surface area contributed by atoms with Gasteiger partial charge in [-0.1, -0.05) is 96.6 Å². The van der Waals surface area contributed by atoms with Crippen molar-refractivity contribution in [2.75, 3.05) is 26.2 Å². The van der Waals surface area contributed by atoms with E-state index < -0.39 is 0 Å². The van der Waals surface area contributed by atoms with Crippen LogP contribution in [0, 0.1) is 48.0 Å². The van der Waals surface area contributed by atoms with E-state index in [1.54, 1.807) is 30.3 Å². The largest absolute Gasteiger partial charge is 0.340 e. The van der Waals surface area contributed by atoms with Crippen LogP contribution in [-0.2, 0) is 71.0 Å². The second-order valence-corrected chi connectivity index (χ2v) is 35.2. The molecule has 12 heterocycles. The quantitative estimate of drug-likeness (QED) is 0.0440. The highest BCUT2D eigenvalue weighted by Gasteiger charge is 2.37. The van der Waals surface area contributed by atoms with Gasteiger partial charge >= 0.3 is 0 Å². The average Bonchev–Trinajstić information content (AvgIpc) is 1.66. The molecule has 4 fully saturated rings. The molecular formula is C101H107F3N20O4. The third-order valence-corrected chi connectivity index (χ3v) is 25.9. The second-order valence-electron chi connectivity index (χ2n) is 35.2. The van der Waals surface area contributed by atoms with Crippen molar-refractivity contribution in [3.63, 3.8) is 0 Å². The van der Waals surface area contributed by atoms with Crippen molar-refractivity contribution in [2.45, 2.75) is 162 Å². The van der Waals surface area contributed by atoms with Gasteiger partial charge in [0, 0.05) is 171 Å². The number of H-pyrrole nitrogens is 4. The second kappa shape index (κ2) is 39.4. The van der Waals surface area contributed by atoms with Crippen molar-refractivity contribution < 1.29 is 32.3 Å². The summed E-state index contributed by atoms with van der Waals surface area (Å²) in [4.78, 5) is 59.4. The van der Waals surface area contributed by atoms with Crippen molar-refractivity contribution in [1.82, 2.24) is 99.5 Å². The summed E-state index contributed by atoms with van der Waals surface area (Å²) in [6.45, 7) is 16.8. The molecule has 4 N–H and O–H groups in total. The first-order chi connectivity index (χ1) is 62.3. The number of nitrogens with zero attached hydrogens (tertiary/aromatic N) is 16. The first-order valence-corrected chi connectivity index (χ1v) is 44.5. The molecule has 8 aromatic heterocycles. The summed E-state index contributed by atoms with van der Waals surface area (Å²) in [7, 11) is 0. The molecule has 0 radical (unpaired) electrons. The van der Waals surface area contributed by atoms with Crippen LogP contribution in [0.25, 0.3) is 88.1 Å². The minimum atomic E-state index is -0.257. The molecule has 128 heavy (non-hydrogen) atoms. The van der Waals surface area contributed by atoms with Gasteiger partial charge in [0.25, 0.3) is 0 Å². The van der Waals surface area contributed by atoms with Gasteiger partial charge in [0.05, 0.1) is 71.6 Å². The number of amides is 4. The first kappa shape index (κ1) is 86.3. The molecule has 656 valence electrons. The summed E-state index contributed by atoms with van der Waals surface area (Å²) in [5.41, 5.74) is 18.0. The molecule has 27 heteroatoms. The molecule has 8 aromatic carbocycles. The number of carbonyl (C=O) groups excluding carboxylic acids is 4. The lowest BCUT2D eigenvalue weighted by Crippen LogP contribution is -2.34. The lowest BCUT2D eigenvalue weighted by molar-refractivity contribution is -0.132. The Bertz CT molecular complexity index is 6260. The highest BCUT2D eigenvalue weighted by molar-refractivity contribution is 5.88. The van der Waals surface area contributed by atoms with Gasteiger partial charge in [-0.15, -0.1) is 0 Å². The molecule has 4 aliphatic heterocycles. The fourth-order valence-electron chi connectivity index (χ4n) is 19.2. The molecule has 4 amide bonds. The maximum absolute atomic E-state index is 13.9. The van der Waals surface area contributed by atoms with E-state index in [1.807, 2.05) is 111 Å². The predicted molar refractivity (Wildman–Crippen MR) is 490 cm³/mol. The molecule has 4 aliphatic rings. The fraction of sp³-hybridized carbons (Fsp3) is 0.327. The van der Waals surface area contributed by atoms with Crippen LogP contribution < -0.4 is 0 Å². The van der Waals surface area contributed by atoms with Crippen molar-refractivity contribution in [2.24, 2.45) is 23.7 Å². The smallest absolute Gasteiger partial charge is 0.223 e. The maximum atomic E-state index is 13.9. The lowest BCUT2D eigenvalue weighted by atomic mass is 10.1. The van der Waals surface area contributed by atoms with Crippen molar-refractivity contribution >= 4 is 67.2 Å². The molecule has 16 aromatic rings. The Morgan fingerprint density at radius 1 is 0.328 bits per heavy atom. The monoisotopic (exact) mass is 1720 g/mol. The van der Waals surface area contributed by atoms with Crippen LogP contribution in [0.5, 0.6) is 0 Å². The molecular weight excluding hydrogens is 1610 g/mol. The zero-order valence-electron chi connectivity index (χ0n) is 72.8. The summed E-state index contributed by atoms with van der Waals surface area (Å²) in [6, 6.07) is 54.2. The number of nitrogens with one attached hydrogen (secondary N) is 4. The van der Waals surface area contributed by atoms with E-state index in [0.717, 1.165) is 177 Å². The number of aryl methyl sites for hydroxylation is 5. The van der Waals surface area contributed by atoms with Gasteiger partial charge in [0.15, 0.2) is 0 Å². The standard InChI is InChI=1S/C26H29N5O.3C25H26FN5O/c1-18-4-3-5-20(10-18)6-9-26(32)30-16-21(11-19(30)2)17-31-25-8-7-22(12-23(25)15-29-31)24-13-27-28-14-24;1-17-10-19(15-30(17)25(32)9-4-18-2-6-23(26)7-3-18)16-31-24-8-5-20(11-21(24)14-29-31)22-12-27-28-13-22;1-17-9-19(15-30(17)25(32)8-5-18-3-2-4-23(26)10-18)16-31-24-7-6-20(11-21(24)14-29-31)22-12-27-28-13-22;1-17-10-18(15-30(17)25(32)9-7-19-4-2-3-5-23(19)26)16-31-24-8-6-20(11-21(24)14-29-31)22-12-27-28-13-22/h3-5,7-8,10,12-15,19,21H,6,9,11,16-17H2,1-2H3,(H,27,28);2-3,5-8,11-14,17,19H,4,9-10,15-16H2,1H3,(H,27,28);2-4,6-7,10-14,17,19H,5,8-9,15-16H2,1H3,(H,27,28);2-6,8,11-14,17-18H,7,9-10,15-16H2,1H3,(H,27,28)/t19-,21?;2*17-,19?;17-,18?/m1000/s1. The van der Waals surface area contributed by atoms with Crippen molar-refractivity contribution in [3.8, 4) is 44.5 Å². The van der Waals surface area contributed by atoms with Gasteiger partial charge in [0.2, 0.25) is 23.6 Å². The number of hydrogen-bond donors (Lipinski definition) is 4. The molecule has 8 atom stereocenters. The van der Waals surface area contributed by atoms with E-state index in [9.17, 15) is 32.3 Å². The van der Waals surface area contributed by atoms with Gasteiger partial charge in [-0.3, -0.25) is 58.3 Å². The number of aromatic amines is 4. The van der Waals surface area contributed by atoms with Gasteiger partial charge in [-0.2, -0.15) is 40.8 Å². The van der Waals surface area contributed by atoms with Crippen molar-refractivity contribution in [1.29, 1.82) is 0 Å². The lowest BCUT2D eigenvalue weighted by Gasteiger charge is -2.21. The molecule has 4 saturated heterocycles. The number of likely N-dealkylation sites (tertiary alicyclic amines) is 4. The summed E-state index contributed by atoms with van der Waals surface area (Å²) in [5.74, 6) is 1.41. The summed E-state index contributed by atoms with van der Waals surface area (Å²) >= 11 is 0. The molecule has 0 saturated carbocycles. The number of carbonyl (C=O) groups is 4. The first-order valence-electron chi connectivity index (χ1n) is 44.5. The Morgan fingerprint density at radius 2 is 0.656 bits per heavy atom. The minimum Gasteiger partial charge on any atom is -0.340 e. The van der Waals surface area contributed by atoms with Crippen LogP contribution in [-0.4, -0.2) is 173 Å². The van der Waals surface area contributed by atoms with Gasteiger partial charge in [0.1, 0.15) is 17.5 Å². The highest BCUT2D eigenvalue weighted by Crippen LogP contribution is 2.35. The van der Waals surface area contributed by atoms with Crippen LogP contribution in [0.3, 0.4) is 0 Å². The molecule has 0 aliphatic carbocycles. The number of aromatic nitrogens is 16. The van der Waals surface area contributed by atoms with E-state index in [-0.39, 0.29) is 65.2 Å². The third-order valence-electron chi connectivity index (χ3n) is 25.9. The molecule has 24 nitrogen and oxygen atoms in total. The summed E-state index contributed by atoms with van der Waals surface area (Å²) in [6.07, 6.45) is 30.5. The Labute approximate surface area is 740 Å². The normalized spacial score (nSPS) is 18.5. The third kappa shape index (κ3) is 20.6. The van der Waals surface area contributed by atoms with Crippen LogP contribution in [0.4, 0.5) is 13.2 Å². The van der Waals surface area contributed by atoms with E-state index in [1.165, 1.54) is 41.5 Å². The fourth-order valence-corrected chi connectivity index (χ4v) is 19.2. The molecule has 20 rings (SSSR count). The van der Waals surface area contributed by atoms with Crippen LogP contribution >= 0.6 is 0 Å². The van der Waals surface area contributed by atoms with E-state index in [2.05, 4.69) is 207 Å². The Morgan fingerprint density at radius 3 is 0.984 bits per heavy atom. The summed E-state index contributed by atoms with van der Waals surface area (Å²) in [5, 5.41) is 50.4. The van der Waals surface area contributed by atoms with Crippen molar-refractivity contribution in [3.05, 3.63) is 289 Å². The maximum Gasteiger partial charge on any atom is 0.223 e. The number of rotatable bonds is 24. The van der Waals surface area contributed by atoms with Crippen LogP contribution in [0.2, 0.25) is 0 Å². The zero-order chi connectivity index (χ0) is 88.3. The Hall–Kier alpha value is -13.9. The highest BCUT2D eigenvalue weighted by atomic mass is 19.1. The number of hydrogen-bond acceptors (Lipinski definition) is 12. The number of halogens is 3. The van der Waals surface area contributed by atoms with Gasteiger partial charge in [-0.25, -0.2) is 13.2 Å². The molecule has 0 bridgehead atoms. The topological polar surface area (TPSA) is 267 Å². The molecule has 0 spiro atoms. The SMILES string of the molecule is C[C@H]1CC(Cn2ncc3cc(-c4cn[nH]c4)ccc32)CN1C(=O)CCc1ccc(F)cc1.C[C@H]1CC(Cn2ncc3cc(-c4cn[nH]c4)ccc32)CN1C(=O)CCc1cccc(F)c1.C[C@H]1CC(Cn2ncc3cc(-c4cn[nH]c4)ccc32)CN1C(=O)CCc1ccccc1F.Cc1cccc(CCC(=O)N2CC(Cn3ncc4cc(-c5cn[nH]c5)ccc43)C[C@H]2C)c1. The Balaban J connectivity index is 0.000000120. The van der Waals surface area contributed by atoms with E-state index in [4.69, 9.17) is 0 Å².